The second-order valence-corrected chi connectivity index (χ2v) is 5.37. The number of oxazole rings is 1. The standard InChI is InChI=1S/C18H18N2O2/c1-12-6-5-8-14(13(12)2)19-17(21)10-11-18-20-15-7-3-4-9-16(15)22-18/h3-9H,10-11H2,1-2H3,(H,19,21). The summed E-state index contributed by atoms with van der Waals surface area (Å²) in [4.78, 5) is 16.5. The van der Waals surface area contributed by atoms with Crippen LogP contribution in [0.25, 0.3) is 11.1 Å². The van der Waals surface area contributed by atoms with Crippen molar-refractivity contribution in [2.45, 2.75) is 26.7 Å². The number of amides is 1. The average molecular weight is 294 g/mol. The third kappa shape index (κ3) is 3.01. The minimum Gasteiger partial charge on any atom is -0.441 e. The number of rotatable bonds is 4. The molecule has 0 aliphatic heterocycles. The Morgan fingerprint density at radius 1 is 1.14 bits per heavy atom. The first kappa shape index (κ1) is 14.3. The van der Waals surface area contributed by atoms with E-state index < -0.39 is 0 Å². The summed E-state index contributed by atoms with van der Waals surface area (Å²) in [6.45, 7) is 4.04. The van der Waals surface area contributed by atoms with Gasteiger partial charge in [-0.2, -0.15) is 0 Å². The lowest BCUT2D eigenvalue weighted by atomic mass is 10.1. The van der Waals surface area contributed by atoms with Gasteiger partial charge in [-0.25, -0.2) is 4.98 Å². The van der Waals surface area contributed by atoms with Gasteiger partial charge in [0.15, 0.2) is 11.5 Å². The molecule has 2 aromatic carbocycles. The van der Waals surface area contributed by atoms with Gasteiger partial charge >= 0.3 is 0 Å². The molecule has 0 radical (unpaired) electrons. The van der Waals surface area contributed by atoms with Gasteiger partial charge in [-0.05, 0) is 43.2 Å². The zero-order chi connectivity index (χ0) is 15.5. The van der Waals surface area contributed by atoms with Crippen molar-refractivity contribution < 1.29 is 9.21 Å². The summed E-state index contributed by atoms with van der Waals surface area (Å²) in [5, 5.41) is 2.95. The summed E-state index contributed by atoms with van der Waals surface area (Å²) >= 11 is 0. The lowest BCUT2D eigenvalue weighted by Crippen LogP contribution is -2.13. The van der Waals surface area contributed by atoms with Crippen LogP contribution in [0.15, 0.2) is 46.9 Å². The predicted octanol–water partition coefficient (Wildman–Crippen LogP) is 4.02. The van der Waals surface area contributed by atoms with Gasteiger partial charge in [0.2, 0.25) is 5.91 Å². The van der Waals surface area contributed by atoms with Crippen molar-refractivity contribution in [3.63, 3.8) is 0 Å². The molecular formula is C18H18N2O2. The maximum Gasteiger partial charge on any atom is 0.224 e. The summed E-state index contributed by atoms with van der Waals surface area (Å²) in [6.07, 6.45) is 0.839. The molecule has 1 N–H and O–H groups in total. The van der Waals surface area contributed by atoms with Crippen LogP contribution in [0.5, 0.6) is 0 Å². The first-order valence-corrected chi connectivity index (χ1v) is 7.34. The fraction of sp³-hybridized carbons (Fsp3) is 0.222. The zero-order valence-electron chi connectivity index (χ0n) is 12.7. The highest BCUT2D eigenvalue weighted by molar-refractivity contribution is 5.91. The van der Waals surface area contributed by atoms with Crippen molar-refractivity contribution in [3.8, 4) is 0 Å². The fourth-order valence-corrected chi connectivity index (χ4v) is 2.35. The number of anilines is 1. The molecule has 1 heterocycles. The summed E-state index contributed by atoms with van der Waals surface area (Å²) < 4.78 is 5.62. The van der Waals surface area contributed by atoms with E-state index in [-0.39, 0.29) is 5.91 Å². The highest BCUT2D eigenvalue weighted by Crippen LogP contribution is 2.19. The molecule has 4 heteroatoms. The Hall–Kier alpha value is -2.62. The highest BCUT2D eigenvalue weighted by Gasteiger charge is 2.10. The Morgan fingerprint density at radius 2 is 1.95 bits per heavy atom. The molecule has 112 valence electrons. The Labute approximate surface area is 129 Å². The van der Waals surface area contributed by atoms with Gasteiger partial charge < -0.3 is 9.73 Å². The minimum atomic E-state index is -0.0315. The maximum absolute atomic E-state index is 12.1. The number of hydrogen-bond donors (Lipinski definition) is 1. The molecule has 0 bridgehead atoms. The van der Waals surface area contributed by atoms with Crippen molar-refractivity contribution in [1.29, 1.82) is 0 Å². The average Bonchev–Trinajstić information content (AvgIpc) is 2.93. The number of benzene rings is 2. The quantitative estimate of drug-likeness (QED) is 0.790. The van der Waals surface area contributed by atoms with Crippen LogP contribution in [0, 0.1) is 13.8 Å². The molecule has 0 aliphatic carbocycles. The number of para-hydroxylation sites is 2. The van der Waals surface area contributed by atoms with Crippen LogP contribution in [0.1, 0.15) is 23.4 Å². The first-order valence-electron chi connectivity index (χ1n) is 7.34. The smallest absolute Gasteiger partial charge is 0.224 e. The first-order chi connectivity index (χ1) is 10.6. The predicted molar refractivity (Wildman–Crippen MR) is 86.9 cm³/mol. The molecule has 0 saturated heterocycles. The number of aryl methyl sites for hydroxylation is 2. The third-order valence-electron chi connectivity index (χ3n) is 3.78. The number of fused-ring (bicyclic) bond motifs is 1. The molecule has 1 amide bonds. The van der Waals surface area contributed by atoms with Crippen LogP contribution in [-0.2, 0) is 11.2 Å². The normalized spacial score (nSPS) is 10.8. The van der Waals surface area contributed by atoms with Gasteiger partial charge in [0.05, 0.1) is 0 Å². The SMILES string of the molecule is Cc1cccc(NC(=O)CCc2nc3ccccc3o2)c1C. The van der Waals surface area contributed by atoms with E-state index in [0.29, 0.717) is 18.7 Å². The van der Waals surface area contributed by atoms with Crippen molar-refractivity contribution in [2.24, 2.45) is 0 Å². The van der Waals surface area contributed by atoms with Crippen LogP contribution >= 0.6 is 0 Å². The molecule has 0 unspecified atom stereocenters. The molecule has 1 aromatic heterocycles. The van der Waals surface area contributed by atoms with Crippen molar-refractivity contribution in [1.82, 2.24) is 4.98 Å². The molecule has 0 saturated carbocycles. The Morgan fingerprint density at radius 3 is 2.77 bits per heavy atom. The molecule has 0 aliphatic rings. The van der Waals surface area contributed by atoms with Gasteiger partial charge in [0, 0.05) is 18.5 Å². The van der Waals surface area contributed by atoms with E-state index in [2.05, 4.69) is 10.3 Å². The van der Waals surface area contributed by atoms with Crippen LogP contribution in [0.4, 0.5) is 5.69 Å². The van der Waals surface area contributed by atoms with E-state index >= 15 is 0 Å². The van der Waals surface area contributed by atoms with E-state index in [1.807, 2.05) is 56.3 Å². The van der Waals surface area contributed by atoms with Crippen LogP contribution in [0.3, 0.4) is 0 Å². The molecular weight excluding hydrogens is 276 g/mol. The number of nitrogens with one attached hydrogen (secondary N) is 1. The molecule has 22 heavy (non-hydrogen) atoms. The lowest BCUT2D eigenvalue weighted by Gasteiger charge is -2.09. The number of aromatic nitrogens is 1. The van der Waals surface area contributed by atoms with E-state index in [0.717, 1.165) is 27.9 Å². The molecule has 4 nitrogen and oxygen atoms in total. The van der Waals surface area contributed by atoms with Gasteiger partial charge in [-0.3, -0.25) is 4.79 Å². The number of carbonyl (C=O) groups excluding carboxylic acids is 1. The monoisotopic (exact) mass is 294 g/mol. The van der Waals surface area contributed by atoms with Gasteiger partial charge in [0.25, 0.3) is 0 Å². The van der Waals surface area contributed by atoms with Gasteiger partial charge in [-0.15, -0.1) is 0 Å². The second kappa shape index (κ2) is 6.02. The van der Waals surface area contributed by atoms with Crippen molar-refractivity contribution in [2.75, 3.05) is 5.32 Å². The number of carbonyl (C=O) groups is 1. The molecule has 0 spiro atoms. The van der Waals surface area contributed by atoms with E-state index in [1.54, 1.807) is 0 Å². The minimum absolute atomic E-state index is 0.0315. The molecule has 3 aromatic rings. The summed E-state index contributed by atoms with van der Waals surface area (Å²) in [5.74, 6) is 0.563. The van der Waals surface area contributed by atoms with Crippen LogP contribution < -0.4 is 5.32 Å². The van der Waals surface area contributed by atoms with Crippen molar-refractivity contribution in [3.05, 3.63) is 59.5 Å². The van der Waals surface area contributed by atoms with Crippen LogP contribution in [0.2, 0.25) is 0 Å². The van der Waals surface area contributed by atoms with Crippen LogP contribution in [-0.4, -0.2) is 10.9 Å². The van der Waals surface area contributed by atoms with Gasteiger partial charge in [-0.1, -0.05) is 24.3 Å². The van der Waals surface area contributed by atoms with E-state index in [4.69, 9.17) is 4.42 Å². The lowest BCUT2D eigenvalue weighted by molar-refractivity contribution is -0.116. The zero-order valence-corrected chi connectivity index (χ0v) is 12.7. The highest BCUT2D eigenvalue weighted by atomic mass is 16.3. The van der Waals surface area contributed by atoms with Crippen molar-refractivity contribution >= 4 is 22.7 Å². The molecule has 0 fully saturated rings. The summed E-state index contributed by atoms with van der Waals surface area (Å²) in [6, 6.07) is 13.5. The summed E-state index contributed by atoms with van der Waals surface area (Å²) in [5.41, 5.74) is 4.71. The Kier molecular flexibility index (Phi) is 3.92. The van der Waals surface area contributed by atoms with E-state index in [1.165, 1.54) is 0 Å². The fourth-order valence-electron chi connectivity index (χ4n) is 2.35. The second-order valence-electron chi connectivity index (χ2n) is 5.37. The van der Waals surface area contributed by atoms with Gasteiger partial charge in [0.1, 0.15) is 5.52 Å². The largest absolute Gasteiger partial charge is 0.441 e. The molecule has 0 atom stereocenters. The molecule has 3 rings (SSSR count). The number of hydrogen-bond acceptors (Lipinski definition) is 3. The third-order valence-corrected chi connectivity index (χ3v) is 3.78. The Balaban J connectivity index is 1.63. The maximum atomic E-state index is 12.1. The topological polar surface area (TPSA) is 55.1 Å². The summed E-state index contributed by atoms with van der Waals surface area (Å²) in [7, 11) is 0. The number of nitrogens with zero attached hydrogens (tertiary/aromatic N) is 1. The Bertz CT molecular complexity index is 788. The van der Waals surface area contributed by atoms with E-state index in [9.17, 15) is 4.79 Å².